The van der Waals surface area contributed by atoms with E-state index in [9.17, 15) is 14.3 Å². The van der Waals surface area contributed by atoms with Crippen LogP contribution in [0.2, 0.25) is 0 Å². The molecule has 2 heterocycles. The molecule has 6 nitrogen and oxygen atoms in total. The van der Waals surface area contributed by atoms with Gasteiger partial charge >= 0.3 is 5.97 Å². The number of carboxylic acid groups (broad SMARTS) is 1. The third kappa shape index (κ3) is 4.10. The van der Waals surface area contributed by atoms with Crippen LogP contribution in [0.4, 0.5) is 15.9 Å². The van der Waals surface area contributed by atoms with Crippen molar-refractivity contribution in [3.63, 3.8) is 0 Å². The first-order chi connectivity index (χ1) is 14.1. The SMILES string of the molecule is CCOc1c(Nc2ncc(C3CC3)cc2C(=O)O)ccc(F)c1C1CC=CCO1. The van der Waals surface area contributed by atoms with Crippen molar-refractivity contribution in [2.45, 2.75) is 38.2 Å². The van der Waals surface area contributed by atoms with E-state index in [0.29, 0.717) is 42.6 Å². The van der Waals surface area contributed by atoms with Crippen LogP contribution in [0.15, 0.2) is 36.5 Å². The van der Waals surface area contributed by atoms with Gasteiger partial charge in [-0.3, -0.25) is 0 Å². The third-order valence-corrected chi connectivity index (χ3v) is 5.11. The number of ether oxygens (including phenoxy) is 2. The number of benzene rings is 1. The standard InChI is InChI=1S/C22H23FN2O4/c1-2-28-20-17(9-8-16(23)19(20)18-5-3-4-10-29-18)25-21-15(22(26)27)11-14(12-24-21)13-6-7-13/h3-4,8-9,11-13,18H,2,5-7,10H2,1H3,(H,24,25)(H,26,27). The fraction of sp³-hybridized carbons (Fsp3) is 0.364. The molecule has 0 saturated heterocycles. The van der Waals surface area contributed by atoms with Crippen molar-refractivity contribution in [2.75, 3.05) is 18.5 Å². The zero-order chi connectivity index (χ0) is 20.4. The van der Waals surface area contributed by atoms with Gasteiger partial charge in [-0.15, -0.1) is 0 Å². The molecule has 1 aliphatic carbocycles. The Balaban J connectivity index is 1.73. The number of halogens is 1. The van der Waals surface area contributed by atoms with E-state index in [1.54, 1.807) is 12.3 Å². The fourth-order valence-corrected chi connectivity index (χ4v) is 3.51. The fourth-order valence-electron chi connectivity index (χ4n) is 3.51. The smallest absolute Gasteiger partial charge is 0.339 e. The van der Waals surface area contributed by atoms with E-state index < -0.39 is 17.9 Å². The number of carboxylic acids is 1. The molecule has 1 atom stereocenters. The van der Waals surface area contributed by atoms with E-state index in [1.165, 1.54) is 12.1 Å². The summed E-state index contributed by atoms with van der Waals surface area (Å²) >= 11 is 0. The summed E-state index contributed by atoms with van der Waals surface area (Å²) < 4.78 is 26.2. The number of nitrogens with zero attached hydrogens (tertiary/aromatic N) is 1. The van der Waals surface area contributed by atoms with Gasteiger partial charge in [0.1, 0.15) is 17.2 Å². The summed E-state index contributed by atoms with van der Waals surface area (Å²) in [6.45, 7) is 2.54. The molecule has 1 fully saturated rings. The van der Waals surface area contributed by atoms with Crippen molar-refractivity contribution < 1.29 is 23.8 Å². The maximum absolute atomic E-state index is 14.7. The quantitative estimate of drug-likeness (QED) is 0.642. The summed E-state index contributed by atoms with van der Waals surface area (Å²) in [7, 11) is 0. The molecule has 7 heteroatoms. The Morgan fingerprint density at radius 3 is 2.86 bits per heavy atom. The molecule has 29 heavy (non-hydrogen) atoms. The predicted octanol–water partition coefficient (Wildman–Crippen LogP) is 4.96. The van der Waals surface area contributed by atoms with Crippen molar-refractivity contribution in [1.82, 2.24) is 4.98 Å². The van der Waals surface area contributed by atoms with Gasteiger partial charge in [-0.25, -0.2) is 14.2 Å². The molecule has 0 amide bonds. The first-order valence-electron chi connectivity index (χ1n) is 9.80. The van der Waals surface area contributed by atoms with Gasteiger partial charge in [-0.2, -0.15) is 0 Å². The minimum Gasteiger partial charge on any atom is -0.491 e. The molecule has 0 spiro atoms. The van der Waals surface area contributed by atoms with Crippen LogP contribution < -0.4 is 10.1 Å². The Bertz CT molecular complexity index is 956. The number of pyridine rings is 1. The summed E-state index contributed by atoms with van der Waals surface area (Å²) in [6.07, 6.45) is 7.72. The van der Waals surface area contributed by atoms with Crippen LogP contribution in [-0.2, 0) is 4.74 Å². The highest BCUT2D eigenvalue weighted by Crippen LogP contribution is 2.42. The average molecular weight is 398 g/mol. The van der Waals surface area contributed by atoms with E-state index in [-0.39, 0.29) is 11.4 Å². The summed E-state index contributed by atoms with van der Waals surface area (Å²) in [4.78, 5) is 16.1. The van der Waals surface area contributed by atoms with Crippen LogP contribution in [0.1, 0.15) is 59.7 Å². The van der Waals surface area contributed by atoms with Gasteiger partial charge < -0.3 is 19.9 Å². The van der Waals surface area contributed by atoms with Gasteiger partial charge in [0.05, 0.1) is 30.6 Å². The highest BCUT2D eigenvalue weighted by atomic mass is 19.1. The normalized spacial score (nSPS) is 18.5. The van der Waals surface area contributed by atoms with Crippen LogP contribution in [-0.4, -0.2) is 29.3 Å². The molecule has 152 valence electrons. The molecule has 4 rings (SSSR count). The summed E-state index contributed by atoms with van der Waals surface area (Å²) in [5, 5.41) is 12.7. The summed E-state index contributed by atoms with van der Waals surface area (Å²) in [6, 6.07) is 4.53. The molecule has 2 N–H and O–H groups in total. The number of aromatic carboxylic acids is 1. The lowest BCUT2D eigenvalue weighted by Gasteiger charge is -2.24. The molecule has 0 bridgehead atoms. The largest absolute Gasteiger partial charge is 0.491 e. The van der Waals surface area contributed by atoms with E-state index >= 15 is 0 Å². The topological polar surface area (TPSA) is 80.7 Å². The third-order valence-electron chi connectivity index (χ3n) is 5.11. The highest BCUT2D eigenvalue weighted by Gasteiger charge is 2.28. The minimum atomic E-state index is -1.07. The van der Waals surface area contributed by atoms with E-state index in [1.807, 2.05) is 19.1 Å². The number of hydrogen-bond acceptors (Lipinski definition) is 5. The molecular formula is C22H23FN2O4. The molecule has 1 unspecified atom stereocenters. The molecule has 1 aromatic heterocycles. The lowest BCUT2D eigenvalue weighted by molar-refractivity contribution is 0.0626. The van der Waals surface area contributed by atoms with Crippen molar-refractivity contribution in [3.05, 3.63) is 59.1 Å². The first-order valence-corrected chi connectivity index (χ1v) is 9.80. The summed E-state index contributed by atoms with van der Waals surface area (Å²) in [5.41, 5.74) is 1.79. The van der Waals surface area contributed by atoms with E-state index in [2.05, 4.69) is 10.3 Å². The van der Waals surface area contributed by atoms with Crippen LogP contribution in [0, 0.1) is 5.82 Å². The van der Waals surface area contributed by atoms with Gasteiger partial charge in [-0.1, -0.05) is 12.2 Å². The molecule has 2 aliphatic rings. The average Bonchev–Trinajstić information content (AvgIpc) is 3.56. The van der Waals surface area contributed by atoms with E-state index in [0.717, 1.165) is 18.4 Å². The molecule has 1 aromatic carbocycles. The van der Waals surface area contributed by atoms with Gasteiger partial charge in [-0.05, 0) is 55.9 Å². The number of carbonyl (C=O) groups is 1. The van der Waals surface area contributed by atoms with Crippen molar-refractivity contribution in [2.24, 2.45) is 0 Å². The van der Waals surface area contributed by atoms with Crippen molar-refractivity contribution in [1.29, 1.82) is 0 Å². The van der Waals surface area contributed by atoms with Crippen LogP contribution >= 0.6 is 0 Å². The molecule has 2 aromatic rings. The minimum absolute atomic E-state index is 0.0829. The second-order valence-electron chi connectivity index (χ2n) is 7.17. The lowest BCUT2D eigenvalue weighted by atomic mass is 10.0. The van der Waals surface area contributed by atoms with Crippen LogP contribution in [0.25, 0.3) is 0 Å². The maximum Gasteiger partial charge on any atom is 0.339 e. The molecule has 1 aliphatic heterocycles. The second kappa shape index (κ2) is 8.21. The lowest BCUT2D eigenvalue weighted by Crippen LogP contribution is -2.13. The highest BCUT2D eigenvalue weighted by molar-refractivity contribution is 5.94. The number of nitrogens with one attached hydrogen (secondary N) is 1. The van der Waals surface area contributed by atoms with Gasteiger partial charge in [0.25, 0.3) is 0 Å². The molecular weight excluding hydrogens is 375 g/mol. The van der Waals surface area contributed by atoms with Gasteiger partial charge in [0.15, 0.2) is 5.75 Å². The Morgan fingerprint density at radius 2 is 2.21 bits per heavy atom. The summed E-state index contributed by atoms with van der Waals surface area (Å²) in [5.74, 6) is -0.581. The Morgan fingerprint density at radius 1 is 1.38 bits per heavy atom. The first kappa shape index (κ1) is 19.4. The zero-order valence-corrected chi connectivity index (χ0v) is 16.2. The van der Waals surface area contributed by atoms with Gasteiger partial charge in [0, 0.05) is 6.20 Å². The van der Waals surface area contributed by atoms with E-state index in [4.69, 9.17) is 9.47 Å². The van der Waals surface area contributed by atoms with Crippen LogP contribution in [0.5, 0.6) is 5.75 Å². The second-order valence-corrected chi connectivity index (χ2v) is 7.17. The maximum atomic E-state index is 14.7. The monoisotopic (exact) mass is 398 g/mol. The number of anilines is 2. The van der Waals surface area contributed by atoms with Gasteiger partial charge in [0.2, 0.25) is 0 Å². The molecule has 0 radical (unpaired) electrons. The van der Waals surface area contributed by atoms with Crippen molar-refractivity contribution >= 4 is 17.5 Å². The van der Waals surface area contributed by atoms with Crippen LogP contribution in [0.3, 0.4) is 0 Å². The Labute approximate surface area is 168 Å². The number of rotatable bonds is 7. The van der Waals surface area contributed by atoms with Crippen molar-refractivity contribution in [3.8, 4) is 5.75 Å². The number of aromatic nitrogens is 1. The Hall–Kier alpha value is -2.93. The predicted molar refractivity (Wildman–Crippen MR) is 106 cm³/mol. The molecule has 1 saturated carbocycles. The zero-order valence-electron chi connectivity index (χ0n) is 16.2. The number of hydrogen-bond donors (Lipinski definition) is 2. The Kier molecular flexibility index (Phi) is 5.49.